The molecule has 0 aromatic rings. The van der Waals surface area contributed by atoms with Crippen molar-refractivity contribution >= 4 is 32.1 Å². The normalized spacial score (nSPS) is 45.1. The van der Waals surface area contributed by atoms with Crippen LogP contribution in [0.1, 0.15) is 170 Å². The van der Waals surface area contributed by atoms with Crippen molar-refractivity contribution in [2.45, 2.75) is 194 Å². The van der Waals surface area contributed by atoms with Gasteiger partial charge in [-0.15, -0.1) is 0 Å². The van der Waals surface area contributed by atoms with Crippen LogP contribution in [0.3, 0.4) is 0 Å². The number of carbonyl (C=O) groups is 2. The number of hydrogen-bond acceptors (Lipinski definition) is 10. The Labute approximate surface area is 408 Å². The second-order valence-corrected chi connectivity index (χ2v) is 28.4. The minimum Gasteiger partial charge on any atom is -0.393 e. The summed E-state index contributed by atoms with van der Waals surface area (Å²) >= 11 is 0. The van der Waals surface area contributed by atoms with Gasteiger partial charge in [-0.05, 0) is 208 Å². The fraction of sp³-hybridized carbons (Fsp3) is 0.962. The lowest BCUT2D eigenvalue weighted by Gasteiger charge is -2.62. The van der Waals surface area contributed by atoms with Crippen LogP contribution in [-0.4, -0.2) is 107 Å². The number of amides is 2. The third-order valence-corrected chi connectivity index (χ3v) is 23.3. The third-order valence-electron chi connectivity index (χ3n) is 21.8. The molecule has 392 valence electrons. The number of aliphatic hydroxyl groups excluding tert-OH is 4. The second kappa shape index (κ2) is 20.8. The lowest BCUT2D eigenvalue weighted by Crippen LogP contribution is -2.58. The van der Waals surface area contributed by atoms with E-state index in [4.69, 9.17) is 9.11 Å². The van der Waals surface area contributed by atoms with Crippen LogP contribution in [0.4, 0.5) is 0 Å². The van der Waals surface area contributed by atoms with Gasteiger partial charge in [0, 0.05) is 25.9 Å². The van der Waals surface area contributed by atoms with Gasteiger partial charge in [0.15, 0.2) is 0 Å². The van der Waals surface area contributed by atoms with E-state index in [9.17, 15) is 46.9 Å². The number of rotatable bonds is 14. The highest BCUT2D eigenvalue weighted by molar-refractivity contribution is 7.86. The van der Waals surface area contributed by atoms with Crippen molar-refractivity contribution in [2.75, 3.05) is 24.6 Å². The van der Waals surface area contributed by atoms with Crippen molar-refractivity contribution in [3.8, 4) is 0 Å². The van der Waals surface area contributed by atoms with Crippen molar-refractivity contribution in [1.82, 2.24) is 10.6 Å². The predicted octanol–water partition coefficient (Wildman–Crippen LogP) is 6.79. The maximum Gasteiger partial charge on any atom is 0.266 e. The topological polar surface area (TPSA) is 248 Å². The summed E-state index contributed by atoms with van der Waals surface area (Å²) in [5, 5.41) is 48.4. The van der Waals surface area contributed by atoms with Crippen LogP contribution in [0.5, 0.6) is 0 Å². The Bertz CT molecular complexity index is 1870. The second-order valence-electron chi connectivity index (χ2n) is 25.2. The van der Waals surface area contributed by atoms with E-state index in [0.717, 1.165) is 103 Å². The zero-order chi connectivity index (χ0) is 49.8. The number of fused-ring (bicyclic) bond motifs is 10. The van der Waals surface area contributed by atoms with Gasteiger partial charge in [-0.3, -0.25) is 18.7 Å². The molecule has 8 N–H and O–H groups in total. The van der Waals surface area contributed by atoms with Crippen molar-refractivity contribution in [3.63, 3.8) is 0 Å². The fourth-order valence-electron chi connectivity index (χ4n) is 18.3. The summed E-state index contributed by atoms with van der Waals surface area (Å²) in [5.74, 6) is 4.20. The van der Waals surface area contributed by atoms with E-state index < -0.39 is 31.7 Å². The highest BCUT2D eigenvalue weighted by Crippen LogP contribution is 2.70. The van der Waals surface area contributed by atoms with Gasteiger partial charge >= 0.3 is 0 Å². The largest absolute Gasteiger partial charge is 0.393 e. The van der Waals surface area contributed by atoms with E-state index in [1.54, 1.807) is 0 Å². The van der Waals surface area contributed by atoms with Gasteiger partial charge in [0.1, 0.15) is 0 Å². The van der Waals surface area contributed by atoms with Crippen LogP contribution in [0, 0.1) is 92.7 Å². The van der Waals surface area contributed by atoms with E-state index in [1.165, 1.54) is 12.8 Å². The first-order valence-corrected chi connectivity index (χ1v) is 30.1. The van der Waals surface area contributed by atoms with Crippen LogP contribution < -0.4 is 10.6 Å². The Hall–Kier alpha value is -1.40. The van der Waals surface area contributed by atoms with E-state index in [2.05, 4.69) is 52.2 Å². The number of aliphatic hydroxyl groups is 4. The van der Waals surface area contributed by atoms with Crippen LogP contribution in [0.2, 0.25) is 0 Å². The molecule has 0 bridgehead atoms. The lowest BCUT2D eigenvalue weighted by atomic mass is 9.43. The molecule has 0 saturated heterocycles. The number of carbonyl (C=O) groups excluding carboxylic acids is 2. The fourth-order valence-corrected chi connectivity index (χ4v) is 19.0. The minimum absolute atomic E-state index is 0.0625. The van der Waals surface area contributed by atoms with Gasteiger partial charge in [-0.2, -0.15) is 16.8 Å². The first kappa shape index (κ1) is 54.4. The highest BCUT2D eigenvalue weighted by Gasteiger charge is 2.64. The Morgan fingerprint density at radius 2 is 0.853 bits per heavy atom. The van der Waals surface area contributed by atoms with E-state index >= 15 is 0 Å². The molecule has 14 nitrogen and oxygen atoms in total. The number of hydrogen-bond donors (Lipinski definition) is 8. The van der Waals surface area contributed by atoms with Gasteiger partial charge in [-0.25, -0.2) is 0 Å². The first-order valence-electron chi connectivity index (χ1n) is 26.9. The van der Waals surface area contributed by atoms with E-state index in [-0.39, 0.29) is 71.0 Å². The van der Waals surface area contributed by atoms with Gasteiger partial charge in [0.2, 0.25) is 11.8 Å². The summed E-state index contributed by atoms with van der Waals surface area (Å²) in [5.41, 5.74) is 0.823. The molecule has 8 fully saturated rings. The molecule has 2 amide bonds. The third kappa shape index (κ3) is 11.2. The molecule has 0 radical (unpaired) electrons. The predicted molar refractivity (Wildman–Crippen MR) is 261 cm³/mol. The van der Waals surface area contributed by atoms with Crippen molar-refractivity contribution in [2.24, 2.45) is 92.7 Å². The molecular formula is C52H90N2O12S2. The summed E-state index contributed by atoms with van der Waals surface area (Å²) in [7, 11) is -8.12. The van der Waals surface area contributed by atoms with Crippen molar-refractivity contribution in [1.29, 1.82) is 0 Å². The monoisotopic (exact) mass is 999 g/mol. The minimum atomic E-state index is -4.06. The standard InChI is InChI=1S/2C26H45NO6S/c2*1-16(4-7-23(30)27-12-13-34(31,32)33)19-5-6-20-24-21(9-11-26(19,20)3)25(2)10-8-18(28)14-17(25)15-22(24)29/h2*16-22,24,28-29H,4-15H2,1-3H3,(H,27,30)(H,31,32,33)/t2*16-,17+,18-,19-,20+,21+,22+,24+,25+,26-/m11/s1. The zero-order valence-corrected chi connectivity index (χ0v) is 43.8. The van der Waals surface area contributed by atoms with E-state index in [0.29, 0.717) is 83.9 Å². The molecule has 8 aliphatic carbocycles. The van der Waals surface area contributed by atoms with Crippen LogP contribution in [0.15, 0.2) is 0 Å². The summed E-state index contributed by atoms with van der Waals surface area (Å²) < 4.78 is 61.0. The lowest BCUT2D eigenvalue weighted by molar-refractivity contribution is -0.174. The molecule has 20 atom stereocenters. The quantitative estimate of drug-likeness (QED) is 0.0838. The molecule has 8 aliphatic rings. The summed E-state index contributed by atoms with van der Waals surface area (Å²) in [6.45, 7) is 14.1. The molecule has 0 spiro atoms. The van der Waals surface area contributed by atoms with Gasteiger partial charge in [-0.1, -0.05) is 41.5 Å². The maximum absolute atomic E-state index is 12.2. The first-order chi connectivity index (χ1) is 31.7. The molecular weight excluding hydrogens is 909 g/mol. The van der Waals surface area contributed by atoms with Crippen LogP contribution in [-0.2, 0) is 29.8 Å². The average Bonchev–Trinajstić information content (AvgIpc) is 3.79. The Morgan fingerprint density at radius 1 is 0.515 bits per heavy atom. The molecule has 0 heterocycles. The number of nitrogens with one attached hydrogen (secondary N) is 2. The molecule has 0 unspecified atom stereocenters. The summed E-state index contributed by atoms with van der Waals surface area (Å²) in [6, 6.07) is 0. The van der Waals surface area contributed by atoms with E-state index in [1.807, 2.05) is 0 Å². The van der Waals surface area contributed by atoms with Gasteiger partial charge in [0.25, 0.3) is 20.2 Å². The molecule has 0 aromatic heterocycles. The van der Waals surface area contributed by atoms with Crippen molar-refractivity contribution in [3.05, 3.63) is 0 Å². The maximum atomic E-state index is 12.2. The SMILES string of the molecule is C[C@H](CCC(=O)NCCS(=O)(=O)O)[C@H]1CC[C@H]2[C@@H]3[C@@H](O)C[C@@H]4C[C@H](O)CC[C@]4(C)[C@H]3CC[C@]12C.C[C@H](CCC(=O)NCCS(=O)(=O)O)[C@H]1CC[C@H]2[C@@H]3[C@@H](O)C[C@@H]4C[C@H](O)CC[C@]4(C)[C@H]3CC[C@]12C. The molecule has 68 heavy (non-hydrogen) atoms. The molecule has 0 aromatic carbocycles. The smallest absolute Gasteiger partial charge is 0.266 e. The molecule has 16 heteroatoms. The molecule has 8 rings (SSSR count). The zero-order valence-electron chi connectivity index (χ0n) is 42.2. The summed E-state index contributed by atoms with van der Waals surface area (Å²) in [4.78, 5) is 24.4. The van der Waals surface area contributed by atoms with Gasteiger partial charge < -0.3 is 31.1 Å². The Balaban J connectivity index is 0.000000201. The Morgan fingerprint density at radius 3 is 1.21 bits per heavy atom. The summed E-state index contributed by atoms with van der Waals surface area (Å²) in [6.07, 6.45) is 17.7. The van der Waals surface area contributed by atoms with Crippen molar-refractivity contribution < 1.29 is 56.0 Å². The Kier molecular flexibility index (Phi) is 16.7. The molecule has 0 aliphatic heterocycles. The average molecular weight is 999 g/mol. The molecule has 8 saturated carbocycles. The van der Waals surface area contributed by atoms with Crippen LogP contribution >= 0.6 is 0 Å². The van der Waals surface area contributed by atoms with Crippen LogP contribution in [0.25, 0.3) is 0 Å². The highest BCUT2D eigenvalue weighted by atomic mass is 32.2. The van der Waals surface area contributed by atoms with Gasteiger partial charge in [0.05, 0.1) is 35.9 Å².